The number of hydrogen-bond donors (Lipinski definition) is 1. The molecule has 1 N–H and O–H groups in total. The van der Waals surface area contributed by atoms with Crippen LogP contribution in [0.2, 0.25) is 0 Å². The van der Waals surface area contributed by atoms with Gasteiger partial charge in [-0.25, -0.2) is 0 Å². The first-order valence-electron chi connectivity index (χ1n) is 7.35. The van der Waals surface area contributed by atoms with Crippen molar-refractivity contribution in [2.75, 3.05) is 13.2 Å². The van der Waals surface area contributed by atoms with E-state index >= 15 is 0 Å². The van der Waals surface area contributed by atoms with E-state index in [1.807, 2.05) is 6.26 Å². The van der Waals surface area contributed by atoms with E-state index < -0.39 is 0 Å². The average Bonchev–Trinajstić information content (AvgIpc) is 2.37. The Bertz CT molecular complexity index is 262. The van der Waals surface area contributed by atoms with Crippen molar-refractivity contribution in [3.63, 3.8) is 0 Å². The highest BCUT2D eigenvalue weighted by Gasteiger charge is 2.29. The van der Waals surface area contributed by atoms with E-state index in [0.717, 1.165) is 25.0 Å². The fourth-order valence-electron chi connectivity index (χ4n) is 3.42. The van der Waals surface area contributed by atoms with Crippen LogP contribution >= 0.6 is 0 Å². The average molecular weight is 237 g/mol. The molecule has 17 heavy (non-hydrogen) atoms. The van der Waals surface area contributed by atoms with Gasteiger partial charge in [-0.2, -0.15) is 0 Å². The largest absolute Gasteiger partial charge is 0.501 e. The van der Waals surface area contributed by atoms with Gasteiger partial charge in [0.05, 0.1) is 12.9 Å². The Balaban J connectivity index is 2.02. The van der Waals surface area contributed by atoms with Crippen LogP contribution in [0.25, 0.3) is 0 Å². The van der Waals surface area contributed by atoms with Gasteiger partial charge in [-0.15, -0.1) is 0 Å². The van der Waals surface area contributed by atoms with E-state index in [2.05, 4.69) is 19.2 Å². The Hall–Kier alpha value is -0.500. The molecule has 3 unspecified atom stereocenters. The Kier molecular flexibility index (Phi) is 4.90. The van der Waals surface area contributed by atoms with Crippen molar-refractivity contribution in [2.45, 2.75) is 58.4 Å². The maximum atomic E-state index is 5.53. The Morgan fingerprint density at radius 3 is 2.94 bits per heavy atom. The van der Waals surface area contributed by atoms with E-state index in [1.54, 1.807) is 0 Å². The van der Waals surface area contributed by atoms with Crippen LogP contribution in [0.15, 0.2) is 11.8 Å². The molecule has 2 rings (SSSR count). The van der Waals surface area contributed by atoms with Gasteiger partial charge in [0.25, 0.3) is 0 Å². The van der Waals surface area contributed by atoms with E-state index in [0.29, 0.717) is 6.04 Å². The van der Waals surface area contributed by atoms with Crippen molar-refractivity contribution in [1.29, 1.82) is 0 Å². The molecule has 98 valence electrons. The molecule has 2 nitrogen and oxygen atoms in total. The predicted octanol–water partition coefficient (Wildman–Crippen LogP) is 3.49. The second kappa shape index (κ2) is 6.44. The molecule has 0 saturated heterocycles. The van der Waals surface area contributed by atoms with Crippen LogP contribution < -0.4 is 5.32 Å². The van der Waals surface area contributed by atoms with Crippen molar-refractivity contribution in [2.24, 2.45) is 11.8 Å². The summed E-state index contributed by atoms with van der Waals surface area (Å²) in [5, 5.41) is 3.69. The molecule has 0 radical (unpaired) electrons. The summed E-state index contributed by atoms with van der Waals surface area (Å²) < 4.78 is 5.53. The maximum Gasteiger partial charge on any atom is 0.0876 e. The zero-order valence-electron chi connectivity index (χ0n) is 11.4. The van der Waals surface area contributed by atoms with Crippen molar-refractivity contribution in [3.8, 4) is 0 Å². The van der Waals surface area contributed by atoms with E-state index in [9.17, 15) is 0 Å². The lowest BCUT2D eigenvalue weighted by atomic mass is 9.76. The van der Waals surface area contributed by atoms with Gasteiger partial charge in [0, 0.05) is 6.04 Å². The first-order valence-corrected chi connectivity index (χ1v) is 7.35. The number of rotatable bonds is 4. The lowest BCUT2D eigenvalue weighted by molar-refractivity contribution is 0.197. The second-order valence-corrected chi connectivity index (χ2v) is 5.73. The molecule has 0 aromatic heterocycles. The summed E-state index contributed by atoms with van der Waals surface area (Å²) in [5.74, 6) is 1.73. The van der Waals surface area contributed by atoms with Crippen LogP contribution in [-0.2, 0) is 4.74 Å². The molecule has 2 aliphatic rings. The Labute approximate surface area is 106 Å². The highest BCUT2D eigenvalue weighted by molar-refractivity contribution is 5.12. The lowest BCUT2D eigenvalue weighted by Gasteiger charge is -2.36. The highest BCUT2D eigenvalue weighted by Crippen LogP contribution is 2.34. The number of likely N-dealkylation sites (N-methyl/N-ethyl adjacent to an activating group) is 1. The van der Waals surface area contributed by atoms with E-state index in [-0.39, 0.29) is 0 Å². The first kappa shape index (κ1) is 12.9. The molecular weight excluding hydrogens is 210 g/mol. The summed E-state index contributed by atoms with van der Waals surface area (Å²) in [6.07, 6.45) is 10.1. The lowest BCUT2D eigenvalue weighted by Crippen LogP contribution is -2.40. The molecule has 1 aliphatic heterocycles. The Morgan fingerprint density at radius 1 is 1.41 bits per heavy atom. The smallest absolute Gasteiger partial charge is 0.0876 e. The summed E-state index contributed by atoms with van der Waals surface area (Å²) in [6.45, 7) is 6.58. The zero-order chi connectivity index (χ0) is 12.1. The molecular formula is C15H27NO. The van der Waals surface area contributed by atoms with Gasteiger partial charge in [0.15, 0.2) is 0 Å². The topological polar surface area (TPSA) is 21.3 Å². The van der Waals surface area contributed by atoms with Crippen molar-refractivity contribution < 1.29 is 4.74 Å². The predicted molar refractivity (Wildman–Crippen MR) is 71.9 cm³/mol. The molecule has 1 saturated carbocycles. The van der Waals surface area contributed by atoms with Crippen molar-refractivity contribution in [1.82, 2.24) is 5.32 Å². The molecule has 0 spiro atoms. The quantitative estimate of drug-likeness (QED) is 0.808. The molecule has 0 aromatic carbocycles. The minimum atomic E-state index is 0.572. The van der Waals surface area contributed by atoms with Gasteiger partial charge >= 0.3 is 0 Å². The summed E-state index contributed by atoms with van der Waals surface area (Å²) in [4.78, 5) is 0. The second-order valence-electron chi connectivity index (χ2n) is 5.73. The number of ether oxygens (including phenoxy) is 1. The van der Waals surface area contributed by atoms with Crippen LogP contribution in [0, 0.1) is 11.8 Å². The fourth-order valence-corrected chi connectivity index (χ4v) is 3.42. The first-order chi connectivity index (χ1) is 8.31. The number of hydrogen-bond acceptors (Lipinski definition) is 2. The van der Waals surface area contributed by atoms with Crippen LogP contribution in [-0.4, -0.2) is 19.2 Å². The zero-order valence-corrected chi connectivity index (χ0v) is 11.4. The van der Waals surface area contributed by atoms with E-state index in [1.165, 1.54) is 44.1 Å². The van der Waals surface area contributed by atoms with Crippen molar-refractivity contribution in [3.05, 3.63) is 11.8 Å². The van der Waals surface area contributed by atoms with Gasteiger partial charge in [0.2, 0.25) is 0 Å². The van der Waals surface area contributed by atoms with Gasteiger partial charge in [-0.05, 0) is 49.6 Å². The highest BCUT2D eigenvalue weighted by atomic mass is 16.5. The summed E-state index contributed by atoms with van der Waals surface area (Å²) in [5.41, 5.74) is 1.51. The SMILES string of the molecule is CCNC(C1=COCCC1)C1CCCC(C)C1. The summed E-state index contributed by atoms with van der Waals surface area (Å²) in [7, 11) is 0. The number of nitrogens with one attached hydrogen (secondary N) is 1. The molecule has 0 amide bonds. The van der Waals surface area contributed by atoms with Crippen LogP contribution in [0.3, 0.4) is 0 Å². The van der Waals surface area contributed by atoms with Crippen LogP contribution in [0.4, 0.5) is 0 Å². The van der Waals surface area contributed by atoms with Gasteiger partial charge in [-0.3, -0.25) is 0 Å². The monoisotopic (exact) mass is 237 g/mol. The molecule has 0 aromatic rings. The molecule has 3 atom stereocenters. The molecule has 1 aliphatic carbocycles. The summed E-state index contributed by atoms with van der Waals surface area (Å²) in [6, 6.07) is 0.572. The third-order valence-corrected chi connectivity index (χ3v) is 4.23. The molecule has 1 fully saturated rings. The molecule has 1 heterocycles. The van der Waals surface area contributed by atoms with Crippen LogP contribution in [0.5, 0.6) is 0 Å². The normalized spacial score (nSPS) is 31.5. The van der Waals surface area contributed by atoms with E-state index in [4.69, 9.17) is 4.74 Å². The third-order valence-electron chi connectivity index (χ3n) is 4.23. The summed E-state index contributed by atoms with van der Waals surface area (Å²) >= 11 is 0. The molecule has 2 heteroatoms. The fraction of sp³-hybridized carbons (Fsp3) is 0.867. The van der Waals surface area contributed by atoms with Crippen LogP contribution in [0.1, 0.15) is 52.4 Å². The standard InChI is InChI=1S/C15H27NO/c1-3-16-15(14-8-5-9-17-11-14)13-7-4-6-12(2)10-13/h11-13,15-16H,3-10H2,1-2H3. The van der Waals surface area contributed by atoms with Crippen molar-refractivity contribution >= 4 is 0 Å². The van der Waals surface area contributed by atoms with Gasteiger partial charge in [-0.1, -0.05) is 26.7 Å². The van der Waals surface area contributed by atoms with Gasteiger partial charge < -0.3 is 10.1 Å². The minimum Gasteiger partial charge on any atom is -0.501 e. The maximum absolute atomic E-state index is 5.53. The minimum absolute atomic E-state index is 0.572. The third kappa shape index (κ3) is 3.48. The van der Waals surface area contributed by atoms with Gasteiger partial charge in [0.1, 0.15) is 0 Å². The molecule has 0 bridgehead atoms. The Morgan fingerprint density at radius 2 is 2.29 bits per heavy atom.